The van der Waals surface area contributed by atoms with Crippen LogP contribution >= 0.6 is 0 Å². The lowest BCUT2D eigenvalue weighted by molar-refractivity contribution is 0.214. The van der Waals surface area contributed by atoms with Crippen molar-refractivity contribution in [3.63, 3.8) is 0 Å². The normalized spacial score (nSPS) is 19.5. The first-order valence-corrected chi connectivity index (χ1v) is 10.6. The summed E-state index contributed by atoms with van der Waals surface area (Å²) in [4.78, 5) is 4.85. The molecular weight excluding hydrogens is 338 g/mol. The largest absolute Gasteiger partial charge is 0.384 e. The van der Waals surface area contributed by atoms with Crippen molar-refractivity contribution in [2.45, 2.75) is 38.6 Å². The maximum atomic E-state index is 12.5. The van der Waals surface area contributed by atoms with E-state index >= 15 is 0 Å². The molecule has 25 heavy (non-hydrogen) atoms. The summed E-state index contributed by atoms with van der Waals surface area (Å²) in [6.45, 7) is 4.40. The molecule has 1 aromatic heterocycles. The third kappa shape index (κ3) is 3.88. The molecule has 0 amide bonds. The molecule has 0 bridgehead atoms. The van der Waals surface area contributed by atoms with E-state index in [-0.39, 0.29) is 18.3 Å². The summed E-state index contributed by atoms with van der Waals surface area (Å²) in [6.07, 6.45) is 2.87. The van der Waals surface area contributed by atoms with E-state index in [1.807, 2.05) is 18.2 Å². The number of para-hydroxylation sites is 2. The van der Waals surface area contributed by atoms with Gasteiger partial charge in [-0.15, -0.1) is 0 Å². The van der Waals surface area contributed by atoms with Crippen molar-refractivity contribution in [1.29, 1.82) is 0 Å². The Bertz CT molecular complexity index is 816. The van der Waals surface area contributed by atoms with Crippen LogP contribution in [0, 0.1) is 0 Å². The van der Waals surface area contributed by atoms with Gasteiger partial charge in [0.15, 0.2) is 0 Å². The first-order chi connectivity index (χ1) is 12.1. The number of methoxy groups -OCH3 is 1. The molecule has 6 nitrogen and oxygen atoms in total. The highest BCUT2D eigenvalue weighted by molar-refractivity contribution is 7.89. The van der Waals surface area contributed by atoms with Crippen LogP contribution in [0.4, 0.5) is 0 Å². The third-order valence-electron chi connectivity index (χ3n) is 4.82. The monoisotopic (exact) mass is 365 g/mol. The summed E-state index contributed by atoms with van der Waals surface area (Å²) < 4.78 is 33.9. The molecule has 1 aromatic carbocycles. The van der Waals surface area contributed by atoms with E-state index in [0.29, 0.717) is 13.1 Å². The van der Waals surface area contributed by atoms with Gasteiger partial charge in [0.05, 0.1) is 23.4 Å². The van der Waals surface area contributed by atoms with Gasteiger partial charge in [0, 0.05) is 32.7 Å². The second kappa shape index (κ2) is 7.85. The van der Waals surface area contributed by atoms with Crippen molar-refractivity contribution in [3.05, 3.63) is 30.1 Å². The van der Waals surface area contributed by atoms with Gasteiger partial charge in [-0.2, -0.15) is 0 Å². The van der Waals surface area contributed by atoms with Gasteiger partial charge in [0.25, 0.3) is 0 Å². The van der Waals surface area contributed by atoms with E-state index in [0.717, 1.165) is 42.7 Å². The smallest absolute Gasteiger partial charge is 0.216 e. The van der Waals surface area contributed by atoms with E-state index in [4.69, 9.17) is 9.72 Å². The molecule has 1 atom stereocenters. The first-order valence-electron chi connectivity index (χ1n) is 8.98. The highest BCUT2D eigenvalue weighted by atomic mass is 32.2. The minimum absolute atomic E-state index is 0.0433. The topological polar surface area (TPSA) is 64.4 Å². The quantitative estimate of drug-likeness (QED) is 0.756. The Hall–Kier alpha value is -1.44. The van der Waals surface area contributed by atoms with Gasteiger partial charge in [-0.25, -0.2) is 17.7 Å². The van der Waals surface area contributed by atoms with Crippen LogP contribution in [0.1, 0.15) is 37.9 Å². The number of piperidine rings is 1. The number of aryl methyl sites for hydroxylation is 1. The number of imidazole rings is 1. The Labute approximate surface area is 149 Å². The van der Waals surface area contributed by atoms with Gasteiger partial charge in [-0.3, -0.25) is 0 Å². The van der Waals surface area contributed by atoms with Crippen LogP contribution in [0.5, 0.6) is 0 Å². The summed E-state index contributed by atoms with van der Waals surface area (Å²) in [5, 5.41) is 0. The summed E-state index contributed by atoms with van der Waals surface area (Å²) in [7, 11) is -1.74. The van der Waals surface area contributed by atoms with Gasteiger partial charge >= 0.3 is 0 Å². The fourth-order valence-corrected chi connectivity index (χ4v) is 5.04. The first kappa shape index (κ1) is 18.4. The summed E-state index contributed by atoms with van der Waals surface area (Å²) in [5.41, 5.74) is 2.13. The van der Waals surface area contributed by atoms with E-state index in [1.54, 1.807) is 4.31 Å². The SMILES string of the molecule is CCCn1c(C2CCCN(S(=O)(=O)CCOC)C2)nc2ccccc21. The van der Waals surface area contributed by atoms with Crippen molar-refractivity contribution in [2.75, 3.05) is 32.6 Å². The standard InChI is InChI=1S/C18H27N3O3S/c1-3-10-21-17-9-5-4-8-16(17)19-18(21)15-7-6-11-20(14-15)25(22,23)13-12-24-2/h4-5,8-9,15H,3,6-7,10-14H2,1-2H3. The van der Waals surface area contributed by atoms with Gasteiger partial charge in [0.2, 0.25) is 10.0 Å². The fourth-order valence-electron chi connectivity index (χ4n) is 3.59. The van der Waals surface area contributed by atoms with Gasteiger partial charge < -0.3 is 9.30 Å². The van der Waals surface area contributed by atoms with E-state index in [1.165, 1.54) is 7.11 Å². The number of rotatable bonds is 7. The molecule has 2 heterocycles. The van der Waals surface area contributed by atoms with Crippen molar-refractivity contribution in [1.82, 2.24) is 13.9 Å². The fraction of sp³-hybridized carbons (Fsp3) is 0.611. The van der Waals surface area contributed by atoms with E-state index in [2.05, 4.69) is 17.6 Å². The molecule has 1 aliphatic heterocycles. The number of ether oxygens (including phenoxy) is 1. The number of hydrogen-bond acceptors (Lipinski definition) is 4. The van der Waals surface area contributed by atoms with Crippen molar-refractivity contribution in [3.8, 4) is 0 Å². The number of aromatic nitrogens is 2. The van der Waals surface area contributed by atoms with E-state index < -0.39 is 10.0 Å². The lowest BCUT2D eigenvalue weighted by Gasteiger charge is -2.31. The van der Waals surface area contributed by atoms with Crippen LogP contribution in [-0.2, 0) is 21.3 Å². The molecule has 2 aromatic rings. The van der Waals surface area contributed by atoms with Crippen LogP contribution in [0.25, 0.3) is 11.0 Å². The van der Waals surface area contributed by atoms with Gasteiger partial charge in [-0.05, 0) is 31.4 Å². The summed E-state index contributed by atoms with van der Waals surface area (Å²) in [5.74, 6) is 1.21. The molecule has 7 heteroatoms. The molecule has 0 saturated carbocycles. The predicted molar refractivity (Wildman–Crippen MR) is 99.2 cm³/mol. The summed E-state index contributed by atoms with van der Waals surface area (Å²) in [6, 6.07) is 8.15. The van der Waals surface area contributed by atoms with Crippen LogP contribution in [0.15, 0.2) is 24.3 Å². The maximum absolute atomic E-state index is 12.5. The van der Waals surface area contributed by atoms with Crippen molar-refractivity contribution < 1.29 is 13.2 Å². The molecule has 138 valence electrons. The van der Waals surface area contributed by atoms with Gasteiger partial charge in [-0.1, -0.05) is 19.1 Å². The molecule has 1 fully saturated rings. The average Bonchev–Trinajstić information content (AvgIpc) is 2.99. The van der Waals surface area contributed by atoms with Crippen molar-refractivity contribution >= 4 is 21.1 Å². The molecule has 1 saturated heterocycles. The number of nitrogens with zero attached hydrogens (tertiary/aromatic N) is 3. The highest BCUT2D eigenvalue weighted by Crippen LogP contribution is 2.30. The average molecular weight is 365 g/mol. The third-order valence-corrected chi connectivity index (χ3v) is 6.62. The van der Waals surface area contributed by atoms with E-state index in [9.17, 15) is 8.42 Å². The number of sulfonamides is 1. The van der Waals surface area contributed by atoms with Crippen LogP contribution in [0.3, 0.4) is 0 Å². The van der Waals surface area contributed by atoms with Crippen LogP contribution < -0.4 is 0 Å². The highest BCUT2D eigenvalue weighted by Gasteiger charge is 2.31. The molecule has 0 aliphatic carbocycles. The molecule has 3 rings (SSSR count). The Balaban J connectivity index is 1.89. The number of hydrogen-bond donors (Lipinski definition) is 0. The predicted octanol–water partition coefficient (Wildman–Crippen LogP) is 2.60. The zero-order valence-electron chi connectivity index (χ0n) is 15.0. The Morgan fingerprint density at radius 3 is 2.88 bits per heavy atom. The van der Waals surface area contributed by atoms with Crippen LogP contribution in [-0.4, -0.2) is 54.8 Å². The van der Waals surface area contributed by atoms with Crippen molar-refractivity contribution in [2.24, 2.45) is 0 Å². The lowest BCUT2D eigenvalue weighted by atomic mass is 9.99. The molecule has 0 N–H and O–H groups in total. The number of benzene rings is 1. The zero-order chi connectivity index (χ0) is 17.9. The van der Waals surface area contributed by atoms with Crippen LogP contribution in [0.2, 0.25) is 0 Å². The zero-order valence-corrected chi connectivity index (χ0v) is 15.8. The minimum atomic E-state index is -3.27. The maximum Gasteiger partial charge on any atom is 0.216 e. The lowest BCUT2D eigenvalue weighted by Crippen LogP contribution is -2.41. The second-order valence-electron chi connectivity index (χ2n) is 6.62. The minimum Gasteiger partial charge on any atom is -0.384 e. The second-order valence-corrected chi connectivity index (χ2v) is 8.70. The Morgan fingerprint density at radius 2 is 2.12 bits per heavy atom. The molecular formula is C18H27N3O3S. The van der Waals surface area contributed by atoms with Gasteiger partial charge in [0.1, 0.15) is 5.82 Å². The Kier molecular flexibility index (Phi) is 5.76. The Morgan fingerprint density at radius 1 is 1.32 bits per heavy atom. The molecule has 0 spiro atoms. The number of fused-ring (bicyclic) bond motifs is 1. The molecule has 1 aliphatic rings. The molecule has 0 radical (unpaired) electrons. The summed E-state index contributed by atoms with van der Waals surface area (Å²) >= 11 is 0. The molecule has 1 unspecified atom stereocenters.